The van der Waals surface area contributed by atoms with E-state index in [0.717, 1.165) is 12.1 Å². The summed E-state index contributed by atoms with van der Waals surface area (Å²) in [5.74, 6) is 0. The lowest BCUT2D eigenvalue weighted by Gasteiger charge is -2.15. The SMILES string of the molecule is CCCCCCCCc1ccc(N2N=CC(c3ccc(CC)cc3)S2)cc1. The van der Waals surface area contributed by atoms with Crippen LogP contribution in [0, 0.1) is 0 Å². The summed E-state index contributed by atoms with van der Waals surface area (Å²) in [5.41, 5.74) is 5.31. The van der Waals surface area contributed by atoms with E-state index in [0.29, 0.717) is 5.25 Å². The van der Waals surface area contributed by atoms with Crippen molar-refractivity contribution < 1.29 is 0 Å². The highest BCUT2D eigenvalue weighted by Crippen LogP contribution is 2.38. The van der Waals surface area contributed by atoms with E-state index in [1.807, 2.05) is 4.41 Å². The molecule has 0 spiro atoms. The maximum atomic E-state index is 4.61. The van der Waals surface area contributed by atoms with Gasteiger partial charge < -0.3 is 0 Å². The minimum absolute atomic E-state index is 0.304. The standard InChI is InChI=1S/C24H32N2S/c1-3-5-6-7-8-9-10-21-13-17-23(18-14-21)26-25-19-24(27-26)22-15-11-20(4-2)12-16-22/h11-19,24H,3-10H2,1-2H3. The molecule has 1 aliphatic rings. The van der Waals surface area contributed by atoms with Crippen molar-refractivity contribution in [2.45, 2.75) is 70.5 Å². The number of anilines is 1. The van der Waals surface area contributed by atoms with E-state index in [1.165, 1.54) is 61.6 Å². The lowest BCUT2D eigenvalue weighted by molar-refractivity contribution is 0.607. The molecular weight excluding hydrogens is 348 g/mol. The Morgan fingerprint density at radius 3 is 2.19 bits per heavy atom. The Bertz CT molecular complexity index is 706. The molecule has 0 amide bonds. The molecule has 2 nitrogen and oxygen atoms in total. The molecule has 0 fully saturated rings. The normalized spacial score (nSPS) is 16.2. The fourth-order valence-corrected chi connectivity index (χ4v) is 4.36. The molecule has 0 aliphatic carbocycles. The Hall–Kier alpha value is -1.74. The summed E-state index contributed by atoms with van der Waals surface area (Å²) in [4.78, 5) is 0. The zero-order valence-corrected chi connectivity index (χ0v) is 17.5. The van der Waals surface area contributed by atoms with E-state index < -0.39 is 0 Å². The van der Waals surface area contributed by atoms with Gasteiger partial charge in [0.05, 0.1) is 10.9 Å². The molecule has 144 valence electrons. The molecule has 3 heteroatoms. The first-order valence-corrected chi connectivity index (χ1v) is 11.3. The molecule has 0 saturated heterocycles. The molecular formula is C24H32N2S. The largest absolute Gasteiger partial charge is 0.206 e. The molecule has 2 aromatic carbocycles. The number of rotatable bonds is 10. The quantitative estimate of drug-likeness (QED) is 0.316. The second-order valence-corrected chi connectivity index (χ2v) is 8.41. The Kier molecular flexibility index (Phi) is 7.82. The van der Waals surface area contributed by atoms with Gasteiger partial charge in [-0.1, -0.05) is 82.3 Å². The summed E-state index contributed by atoms with van der Waals surface area (Å²) in [6, 6.07) is 17.9. The van der Waals surface area contributed by atoms with Crippen molar-refractivity contribution in [3.8, 4) is 0 Å². The smallest absolute Gasteiger partial charge is 0.0887 e. The summed E-state index contributed by atoms with van der Waals surface area (Å²) >= 11 is 1.78. The number of nitrogens with zero attached hydrogens (tertiary/aromatic N) is 2. The lowest BCUT2D eigenvalue weighted by Crippen LogP contribution is -2.02. The Morgan fingerprint density at radius 1 is 0.815 bits per heavy atom. The molecule has 1 aliphatic heterocycles. The van der Waals surface area contributed by atoms with Crippen LogP contribution in [-0.2, 0) is 12.8 Å². The van der Waals surface area contributed by atoms with E-state index in [4.69, 9.17) is 0 Å². The Morgan fingerprint density at radius 2 is 1.48 bits per heavy atom. The summed E-state index contributed by atoms with van der Waals surface area (Å²) < 4.78 is 2.05. The summed E-state index contributed by atoms with van der Waals surface area (Å²) in [5, 5.41) is 4.92. The third-order valence-corrected chi connectivity index (χ3v) is 6.34. The molecule has 1 atom stereocenters. The number of hydrazone groups is 1. The lowest BCUT2D eigenvalue weighted by atomic mass is 10.0. The van der Waals surface area contributed by atoms with E-state index in [1.54, 1.807) is 11.9 Å². The minimum Gasteiger partial charge on any atom is -0.206 e. The predicted molar refractivity (Wildman–Crippen MR) is 121 cm³/mol. The molecule has 0 radical (unpaired) electrons. The van der Waals surface area contributed by atoms with Crippen LogP contribution in [0.1, 0.15) is 74.3 Å². The maximum absolute atomic E-state index is 4.61. The van der Waals surface area contributed by atoms with Gasteiger partial charge in [0.25, 0.3) is 0 Å². The zero-order chi connectivity index (χ0) is 18.9. The average Bonchev–Trinajstić information content (AvgIpc) is 3.21. The van der Waals surface area contributed by atoms with Crippen molar-refractivity contribution in [2.75, 3.05) is 4.41 Å². The van der Waals surface area contributed by atoms with Gasteiger partial charge in [0.1, 0.15) is 0 Å². The van der Waals surface area contributed by atoms with Gasteiger partial charge in [-0.05, 0) is 60.0 Å². The molecule has 1 heterocycles. The average molecular weight is 381 g/mol. The molecule has 0 saturated carbocycles. The van der Waals surface area contributed by atoms with Crippen molar-refractivity contribution in [1.29, 1.82) is 0 Å². The van der Waals surface area contributed by atoms with Gasteiger partial charge in [-0.3, -0.25) is 0 Å². The zero-order valence-electron chi connectivity index (χ0n) is 16.7. The fourth-order valence-electron chi connectivity index (χ4n) is 3.40. The van der Waals surface area contributed by atoms with Gasteiger partial charge in [0.2, 0.25) is 0 Å². The number of hydrogen-bond acceptors (Lipinski definition) is 3. The van der Waals surface area contributed by atoms with Crippen molar-refractivity contribution in [1.82, 2.24) is 0 Å². The number of benzene rings is 2. The number of hydrogen-bond donors (Lipinski definition) is 0. The second kappa shape index (κ2) is 10.6. The minimum atomic E-state index is 0.304. The molecule has 1 unspecified atom stereocenters. The van der Waals surface area contributed by atoms with E-state index in [-0.39, 0.29) is 0 Å². The van der Waals surface area contributed by atoms with E-state index in [2.05, 4.69) is 73.7 Å². The van der Waals surface area contributed by atoms with Crippen LogP contribution in [0.15, 0.2) is 53.6 Å². The van der Waals surface area contributed by atoms with Gasteiger partial charge in [0, 0.05) is 6.21 Å². The van der Waals surface area contributed by atoms with Crippen molar-refractivity contribution >= 4 is 23.8 Å². The van der Waals surface area contributed by atoms with Crippen LogP contribution in [0.25, 0.3) is 0 Å². The van der Waals surface area contributed by atoms with Crippen LogP contribution in [-0.4, -0.2) is 6.21 Å². The Balaban J connectivity index is 1.47. The van der Waals surface area contributed by atoms with Gasteiger partial charge in [0.15, 0.2) is 0 Å². The fraction of sp³-hybridized carbons (Fsp3) is 0.458. The van der Waals surface area contributed by atoms with Gasteiger partial charge in [-0.2, -0.15) is 5.10 Å². The Labute approximate surface area is 169 Å². The number of aryl methyl sites for hydroxylation is 2. The van der Waals surface area contributed by atoms with Crippen molar-refractivity contribution in [3.05, 3.63) is 65.2 Å². The van der Waals surface area contributed by atoms with E-state index >= 15 is 0 Å². The molecule has 3 rings (SSSR count). The van der Waals surface area contributed by atoms with Crippen LogP contribution in [0.2, 0.25) is 0 Å². The first-order valence-electron chi connectivity index (χ1n) is 10.5. The molecule has 0 bridgehead atoms. The third kappa shape index (κ3) is 5.87. The topological polar surface area (TPSA) is 15.6 Å². The van der Waals surface area contributed by atoms with Gasteiger partial charge in [-0.15, -0.1) is 0 Å². The maximum Gasteiger partial charge on any atom is 0.0887 e. The predicted octanol–water partition coefficient (Wildman–Crippen LogP) is 7.35. The highest BCUT2D eigenvalue weighted by molar-refractivity contribution is 8.01. The van der Waals surface area contributed by atoms with Crippen molar-refractivity contribution in [3.63, 3.8) is 0 Å². The second-order valence-electron chi connectivity index (χ2n) is 7.34. The highest BCUT2D eigenvalue weighted by Gasteiger charge is 2.21. The van der Waals surface area contributed by atoms with Gasteiger partial charge >= 0.3 is 0 Å². The van der Waals surface area contributed by atoms with Gasteiger partial charge in [-0.25, -0.2) is 4.41 Å². The monoisotopic (exact) mass is 380 g/mol. The molecule has 27 heavy (non-hydrogen) atoms. The van der Waals surface area contributed by atoms with Crippen LogP contribution in [0.5, 0.6) is 0 Å². The summed E-state index contributed by atoms with van der Waals surface area (Å²) in [6.07, 6.45) is 12.5. The van der Waals surface area contributed by atoms with E-state index in [9.17, 15) is 0 Å². The van der Waals surface area contributed by atoms with Crippen LogP contribution < -0.4 is 4.41 Å². The summed E-state index contributed by atoms with van der Waals surface area (Å²) in [6.45, 7) is 4.47. The first kappa shape index (κ1) is 20.0. The van der Waals surface area contributed by atoms with Crippen LogP contribution in [0.3, 0.4) is 0 Å². The third-order valence-electron chi connectivity index (χ3n) is 5.21. The first-order chi connectivity index (χ1) is 13.3. The van der Waals surface area contributed by atoms with Crippen LogP contribution >= 0.6 is 11.9 Å². The van der Waals surface area contributed by atoms with Crippen molar-refractivity contribution in [2.24, 2.45) is 5.10 Å². The summed E-state index contributed by atoms with van der Waals surface area (Å²) in [7, 11) is 0. The number of unbranched alkanes of at least 4 members (excludes halogenated alkanes) is 5. The highest BCUT2D eigenvalue weighted by atomic mass is 32.2. The molecule has 0 N–H and O–H groups in total. The molecule has 2 aromatic rings. The molecule has 0 aromatic heterocycles. The van der Waals surface area contributed by atoms with Crippen LogP contribution in [0.4, 0.5) is 5.69 Å².